The third kappa shape index (κ3) is 4.13. The predicted molar refractivity (Wildman–Crippen MR) is 104 cm³/mol. The minimum atomic E-state index is -0.240. The van der Waals surface area contributed by atoms with Crippen LogP contribution in [0.2, 0.25) is 0 Å². The Morgan fingerprint density at radius 3 is 2.52 bits per heavy atom. The van der Waals surface area contributed by atoms with E-state index in [1.165, 1.54) is 5.56 Å². The van der Waals surface area contributed by atoms with Gasteiger partial charge in [0.25, 0.3) is 5.91 Å². The number of benzene rings is 1. The number of amides is 1. The summed E-state index contributed by atoms with van der Waals surface area (Å²) in [4.78, 5) is 19.6. The maximum atomic E-state index is 12.8. The molecule has 1 aromatic carbocycles. The van der Waals surface area contributed by atoms with E-state index in [1.807, 2.05) is 17.0 Å². The topological polar surface area (TPSA) is 45.3 Å². The monoisotopic (exact) mass is 373 g/mol. The Labute approximate surface area is 162 Å². The standard InChI is InChI=1S/C21H31N3O3/c1-22-11-13-23(14-12-22)21(25)20-8-7-18-19(27-20)9-10-24(18)15-16-3-5-17(26-2)6-4-16/h3-6,18-20H,7-15H2,1-2H3/t18-,19-,20-/m1/s1. The van der Waals surface area contributed by atoms with Crippen LogP contribution in [-0.4, -0.2) is 85.7 Å². The number of carbonyl (C=O) groups is 1. The fraction of sp³-hybridized carbons (Fsp3) is 0.667. The molecule has 4 rings (SSSR count). The summed E-state index contributed by atoms with van der Waals surface area (Å²) in [5.41, 5.74) is 1.30. The van der Waals surface area contributed by atoms with Crippen molar-refractivity contribution in [2.24, 2.45) is 0 Å². The van der Waals surface area contributed by atoms with Crippen molar-refractivity contribution in [2.75, 3.05) is 46.9 Å². The van der Waals surface area contributed by atoms with Crippen LogP contribution in [0.4, 0.5) is 0 Å². The van der Waals surface area contributed by atoms with Gasteiger partial charge in [0, 0.05) is 45.3 Å². The average Bonchev–Trinajstić information content (AvgIpc) is 3.10. The molecule has 3 aliphatic heterocycles. The summed E-state index contributed by atoms with van der Waals surface area (Å²) < 4.78 is 11.5. The lowest BCUT2D eigenvalue weighted by Gasteiger charge is -2.39. The number of rotatable bonds is 4. The Morgan fingerprint density at radius 1 is 1.07 bits per heavy atom. The summed E-state index contributed by atoms with van der Waals surface area (Å²) in [6.07, 6.45) is 2.86. The van der Waals surface area contributed by atoms with Crippen LogP contribution in [0.1, 0.15) is 24.8 Å². The second-order valence-electron chi connectivity index (χ2n) is 8.04. The van der Waals surface area contributed by atoms with Gasteiger partial charge in [-0.1, -0.05) is 12.1 Å². The fourth-order valence-electron chi connectivity index (χ4n) is 4.59. The Bertz CT molecular complexity index is 643. The molecule has 0 aliphatic carbocycles. The summed E-state index contributed by atoms with van der Waals surface area (Å²) in [7, 11) is 3.80. The van der Waals surface area contributed by atoms with Gasteiger partial charge in [0.1, 0.15) is 11.9 Å². The SMILES string of the molecule is COc1ccc(CN2CC[C@H]3O[C@@H](C(=O)N4CCN(C)CC4)CC[C@H]32)cc1. The summed E-state index contributed by atoms with van der Waals surface area (Å²) in [6, 6.07) is 8.74. The van der Waals surface area contributed by atoms with E-state index >= 15 is 0 Å². The van der Waals surface area contributed by atoms with Crippen LogP contribution in [0, 0.1) is 0 Å². The summed E-state index contributed by atoms with van der Waals surface area (Å²) in [5.74, 6) is 1.10. The van der Waals surface area contributed by atoms with Crippen LogP contribution in [0.15, 0.2) is 24.3 Å². The second-order valence-corrected chi connectivity index (χ2v) is 8.04. The van der Waals surface area contributed by atoms with E-state index in [4.69, 9.17) is 9.47 Å². The van der Waals surface area contributed by atoms with Crippen molar-refractivity contribution in [3.8, 4) is 5.75 Å². The summed E-state index contributed by atoms with van der Waals surface area (Å²) in [6.45, 7) is 5.54. The highest BCUT2D eigenvalue weighted by atomic mass is 16.5. The zero-order chi connectivity index (χ0) is 18.8. The molecule has 6 heteroatoms. The predicted octanol–water partition coefficient (Wildman–Crippen LogP) is 1.59. The van der Waals surface area contributed by atoms with Crippen LogP contribution < -0.4 is 4.74 Å². The number of piperazine rings is 1. The smallest absolute Gasteiger partial charge is 0.251 e. The van der Waals surface area contributed by atoms with Crippen LogP contribution in [0.5, 0.6) is 5.75 Å². The van der Waals surface area contributed by atoms with E-state index in [0.717, 1.165) is 64.3 Å². The van der Waals surface area contributed by atoms with Gasteiger partial charge in [0.2, 0.25) is 0 Å². The van der Waals surface area contributed by atoms with Crippen molar-refractivity contribution < 1.29 is 14.3 Å². The Kier molecular flexibility index (Phi) is 5.66. The minimum absolute atomic E-state index is 0.193. The largest absolute Gasteiger partial charge is 0.497 e. The lowest BCUT2D eigenvalue weighted by Crippen LogP contribution is -2.53. The number of fused-ring (bicyclic) bond motifs is 1. The molecule has 3 heterocycles. The Hall–Kier alpha value is -1.63. The molecular formula is C21H31N3O3. The molecule has 0 saturated carbocycles. The fourth-order valence-corrected chi connectivity index (χ4v) is 4.59. The Balaban J connectivity index is 1.32. The molecule has 3 fully saturated rings. The highest BCUT2D eigenvalue weighted by Gasteiger charge is 2.42. The van der Waals surface area contributed by atoms with E-state index in [0.29, 0.717) is 6.04 Å². The number of likely N-dealkylation sites (N-methyl/N-ethyl adjacent to an activating group) is 1. The second kappa shape index (κ2) is 8.17. The molecule has 3 saturated heterocycles. The molecule has 3 aliphatic rings. The highest BCUT2D eigenvalue weighted by Crippen LogP contribution is 2.33. The molecule has 1 aromatic rings. The molecule has 0 unspecified atom stereocenters. The first kappa shape index (κ1) is 18.7. The molecule has 27 heavy (non-hydrogen) atoms. The van der Waals surface area contributed by atoms with Crippen molar-refractivity contribution in [2.45, 2.75) is 44.1 Å². The number of nitrogens with zero attached hydrogens (tertiary/aromatic N) is 3. The van der Waals surface area contributed by atoms with Gasteiger partial charge < -0.3 is 19.3 Å². The molecule has 0 radical (unpaired) electrons. The van der Waals surface area contributed by atoms with E-state index in [-0.39, 0.29) is 18.1 Å². The molecule has 0 N–H and O–H groups in total. The first-order chi connectivity index (χ1) is 13.1. The zero-order valence-electron chi connectivity index (χ0n) is 16.5. The summed E-state index contributed by atoms with van der Waals surface area (Å²) in [5, 5.41) is 0. The van der Waals surface area contributed by atoms with Gasteiger partial charge in [-0.25, -0.2) is 0 Å². The van der Waals surface area contributed by atoms with Crippen LogP contribution in [0.25, 0.3) is 0 Å². The first-order valence-corrected chi connectivity index (χ1v) is 10.1. The summed E-state index contributed by atoms with van der Waals surface area (Å²) >= 11 is 0. The molecule has 3 atom stereocenters. The van der Waals surface area contributed by atoms with Crippen molar-refractivity contribution >= 4 is 5.91 Å². The maximum absolute atomic E-state index is 12.8. The first-order valence-electron chi connectivity index (χ1n) is 10.1. The number of hydrogen-bond acceptors (Lipinski definition) is 5. The number of ether oxygens (including phenoxy) is 2. The van der Waals surface area contributed by atoms with Gasteiger partial charge in [0.05, 0.1) is 13.2 Å². The number of likely N-dealkylation sites (tertiary alicyclic amines) is 1. The van der Waals surface area contributed by atoms with Crippen molar-refractivity contribution in [1.82, 2.24) is 14.7 Å². The third-order valence-corrected chi connectivity index (χ3v) is 6.30. The van der Waals surface area contributed by atoms with E-state index in [9.17, 15) is 4.79 Å². The highest BCUT2D eigenvalue weighted by molar-refractivity contribution is 5.81. The molecule has 6 nitrogen and oxygen atoms in total. The maximum Gasteiger partial charge on any atom is 0.251 e. The van der Waals surface area contributed by atoms with E-state index in [1.54, 1.807) is 7.11 Å². The molecule has 0 spiro atoms. The quantitative estimate of drug-likeness (QED) is 0.802. The lowest BCUT2D eigenvalue weighted by atomic mass is 9.98. The van der Waals surface area contributed by atoms with Crippen molar-refractivity contribution in [3.05, 3.63) is 29.8 Å². The Morgan fingerprint density at radius 2 is 1.81 bits per heavy atom. The van der Waals surface area contributed by atoms with Gasteiger partial charge in [-0.15, -0.1) is 0 Å². The lowest BCUT2D eigenvalue weighted by molar-refractivity contribution is -0.156. The molecule has 148 valence electrons. The molecule has 1 amide bonds. The van der Waals surface area contributed by atoms with Gasteiger partial charge in [-0.2, -0.15) is 0 Å². The number of methoxy groups -OCH3 is 1. The zero-order valence-corrected chi connectivity index (χ0v) is 16.5. The molecular weight excluding hydrogens is 342 g/mol. The minimum Gasteiger partial charge on any atom is -0.497 e. The normalized spacial score (nSPS) is 29.6. The number of carbonyl (C=O) groups excluding carboxylic acids is 1. The molecule has 0 aromatic heterocycles. The van der Waals surface area contributed by atoms with Crippen LogP contribution >= 0.6 is 0 Å². The van der Waals surface area contributed by atoms with Crippen LogP contribution in [0.3, 0.4) is 0 Å². The van der Waals surface area contributed by atoms with E-state index in [2.05, 4.69) is 29.0 Å². The van der Waals surface area contributed by atoms with E-state index < -0.39 is 0 Å². The molecule has 0 bridgehead atoms. The van der Waals surface area contributed by atoms with Crippen molar-refractivity contribution in [3.63, 3.8) is 0 Å². The van der Waals surface area contributed by atoms with Crippen LogP contribution in [-0.2, 0) is 16.1 Å². The number of hydrogen-bond donors (Lipinski definition) is 0. The van der Waals surface area contributed by atoms with Gasteiger partial charge in [0.15, 0.2) is 0 Å². The van der Waals surface area contributed by atoms with Gasteiger partial charge >= 0.3 is 0 Å². The van der Waals surface area contributed by atoms with Crippen molar-refractivity contribution in [1.29, 1.82) is 0 Å². The van der Waals surface area contributed by atoms with Gasteiger partial charge in [-0.05, 0) is 44.0 Å². The average molecular weight is 373 g/mol. The third-order valence-electron chi connectivity index (χ3n) is 6.30. The van der Waals surface area contributed by atoms with Gasteiger partial charge in [-0.3, -0.25) is 9.69 Å².